The summed E-state index contributed by atoms with van der Waals surface area (Å²) in [5.74, 6) is 0. The van der Waals surface area contributed by atoms with E-state index in [9.17, 15) is 8.42 Å². The van der Waals surface area contributed by atoms with Crippen LogP contribution in [-0.4, -0.2) is 21.0 Å². The number of hydrogen-bond donors (Lipinski definition) is 2. The molecule has 0 amide bonds. The number of thiophene rings is 1. The van der Waals surface area contributed by atoms with Gasteiger partial charge >= 0.3 is 0 Å². The molecule has 0 spiro atoms. The lowest BCUT2D eigenvalue weighted by Crippen LogP contribution is -2.37. The molecule has 0 saturated carbocycles. The molecule has 0 aliphatic heterocycles. The average molecular weight is 313 g/mol. The van der Waals surface area contributed by atoms with Crippen molar-refractivity contribution in [3.8, 4) is 0 Å². The standard InChI is InChI=1S/C8H13BrN2O2S2/c1-5(4-10)11-15(12,13)7-3-8(9)14-6(7)2/h3,5,11H,4,10H2,1-2H3/t5-/m1/s1. The molecule has 1 aromatic heterocycles. The molecule has 15 heavy (non-hydrogen) atoms. The fourth-order valence-electron chi connectivity index (χ4n) is 1.07. The van der Waals surface area contributed by atoms with Gasteiger partial charge in [0.05, 0.1) is 8.68 Å². The Morgan fingerprint density at radius 2 is 2.27 bits per heavy atom. The summed E-state index contributed by atoms with van der Waals surface area (Å²) in [5.41, 5.74) is 5.37. The van der Waals surface area contributed by atoms with Gasteiger partial charge in [-0.05, 0) is 35.8 Å². The van der Waals surface area contributed by atoms with Crippen molar-refractivity contribution in [1.29, 1.82) is 0 Å². The van der Waals surface area contributed by atoms with Crippen molar-refractivity contribution in [1.82, 2.24) is 4.72 Å². The van der Waals surface area contributed by atoms with Gasteiger partial charge in [0.15, 0.2) is 0 Å². The highest BCUT2D eigenvalue weighted by atomic mass is 79.9. The number of rotatable bonds is 4. The third-order valence-electron chi connectivity index (χ3n) is 1.84. The largest absolute Gasteiger partial charge is 0.329 e. The van der Waals surface area contributed by atoms with Gasteiger partial charge in [-0.3, -0.25) is 0 Å². The highest BCUT2D eigenvalue weighted by molar-refractivity contribution is 9.11. The fourth-order valence-corrected chi connectivity index (χ4v) is 4.74. The van der Waals surface area contributed by atoms with Crippen LogP contribution in [0.3, 0.4) is 0 Å². The number of sulfonamides is 1. The summed E-state index contributed by atoms with van der Waals surface area (Å²) in [6.07, 6.45) is 0. The van der Waals surface area contributed by atoms with Crippen LogP contribution in [0.4, 0.5) is 0 Å². The van der Waals surface area contributed by atoms with Gasteiger partial charge in [-0.1, -0.05) is 0 Å². The number of nitrogens with two attached hydrogens (primary N) is 1. The van der Waals surface area contributed by atoms with Crippen molar-refractivity contribution >= 4 is 37.3 Å². The number of hydrogen-bond acceptors (Lipinski definition) is 4. The Bertz CT molecular complexity index is 441. The van der Waals surface area contributed by atoms with Gasteiger partial charge in [0.1, 0.15) is 0 Å². The van der Waals surface area contributed by atoms with Crippen LogP contribution in [0.2, 0.25) is 0 Å². The molecule has 0 fully saturated rings. The topological polar surface area (TPSA) is 72.2 Å². The predicted molar refractivity (Wildman–Crippen MR) is 65.6 cm³/mol. The minimum absolute atomic E-state index is 0.256. The molecule has 0 saturated heterocycles. The van der Waals surface area contributed by atoms with E-state index in [4.69, 9.17) is 5.73 Å². The zero-order valence-corrected chi connectivity index (χ0v) is 11.7. The molecule has 1 atom stereocenters. The number of aryl methyl sites for hydroxylation is 1. The Kier molecular flexibility index (Phi) is 4.30. The van der Waals surface area contributed by atoms with E-state index < -0.39 is 10.0 Å². The molecular formula is C8H13BrN2O2S2. The van der Waals surface area contributed by atoms with E-state index >= 15 is 0 Å². The van der Waals surface area contributed by atoms with E-state index in [1.807, 2.05) is 0 Å². The van der Waals surface area contributed by atoms with Crippen LogP contribution in [-0.2, 0) is 10.0 Å². The summed E-state index contributed by atoms with van der Waals surface area (Å²) in [5, 5.41) is 0. The Labute approximate surface area is 102 Å². The second-order valence-electron chi connectivity index (χ2n) is 3.23. The molecule has 1 heterocycles. The summed E-state index contributed by atoms with van der Waals surface area (Å²) < 4.78 is 27.0. The van der Waals surface area contributed by atoms with Crippen molar-refractivity contribution in [3.63, 3.8) is 0 Å². The molecule has 0 radical (unpaired) electrons. The molecule has 1 aromatic rings. The minimum Gasteiger partial charge on any atom is -0.329 e. The molecule has 1 rings (SSSR count). The molecule has 0 aliphatic rings. The Morgan fingerprint density at radius 3 is 2.67 bits per heavy atom. The molecule has 7 heteroatoms. The molecule has 0 aromatic carbocycles. The smallest absolute Gasteiger partial charge is 0.241 e. The van der Waals surface area contributed by atoms with E-state index in [1.54, 1.807) is 19.9 Å². The highest BCUT2D eigenvalue weighted by Gasteiger charge is 2.20. The van der Waals surface area contributed by atoms with Gasteiger partial charge in [0.25, 0.3) is 0 Å². The first-order valence-corrected chi connectivity index (χ1v) is 7.44. The van der Waals surface area contributed by atoms with Crippen LogP contribution in [0.1, 0.15) is 11.8 Å². The lowest BCUT2D eigenvalue weighted by molar-refractivity contribution is 0.562. The molecule has 0 bridgehead atoms. The second-order valence-corrected chi connectivity index (χ2v) is 7.55. The first kappa shape index (κ1) is 13.1. The third-order valence-corrected chi connectivity index (χ3v) is 5.24. The van der Waals surface area contributed by atoms with Crippen LogP contribution >= 0.6 is 27.3 Å². The van der Waals surface area contributed by atoms with Gasteiger partial charge < -0.3 is 5.73 Å². The van der Waals surface area contributed by atoms with Crippen LogP contribution in [0.15, 0.2) is 14.7 Å². The zero-order chi connectivity index (χ0) is 11.6. The predicted octanol–water partition coefficient (Wildman–Crippen LogP) is 1.44. The normalized spacial score (nSPS) is 14.1. The molecular weight excluding hydrogens is 300 g/mol. The zero-order valence-electron chi connectivity index (χ0n) is 8.45. The quantitative estimate of drug-likeness (QED) is 0.883. The lowest BCUT2D eigenvalue weighted by atomic mass is 10.4. The SMILES string of the molecule is Cc1sc(Br)cc1S(=O)(=O)N[C@H](C)CN. The van der Waals surface area contributed by atoms with Gasteiger partial charge in [-0.15, -0.1) is 11.3 Å². The molecule has 4 nitrogen and oxygen atoms in total. The maximum atomic E-state index is 11.9. The van der Waals surface area contributed by atoms with E-state index in [0.717, 1.165) is 8.66 Å². The van der Waals surface area contributed by atoms with Gasteiger partial charge in [0.2, 0.25) is 10.0 Å². The maximum absolute atomic E-state index is 11.9. The van der Waals surface area contributed by atoms with E-state index in [-0.39, 0.29) is 12.6 Å². The minimum atomic E-state index is -3.43. The average Bonchev–Trinajstić information content (AvgIpc) is 2.45. The van der Waals surface area contributed by atoms with Crippen molar-refractivity contribution in [2.75, 3.05) is 6.54 Å². The van der Waals surface area contributed by atoms with E-state index in [0.29, 0.717) is 4.90 Å². The van der Waals surface area contributed by atoms with E-state index in [2.05, 4.69) is 20.7 Å². The van der Waals surface area contributed by atoms with Gasteiger partial charge in [-0.2, -0.15) is 0 Å². The summed E-state index contributed by atoms with van der Waals surface area (Å²) in [6.45, 7) is 3.79. The van der Waals surface area contributed by atoms with Gasteiger partial charge in [0, 0.05) is 17.5 Å². The summed E-state index contributed by atoms with van der Waals surface area (Å²) >= 11 is 4.66. The molecule has 0 aliphatic carbocycles. The Balaban J connectivity index is 3.01. The monoisotopic (exact) mass is 312 g/mol. The summed E-state index contributed by atoms with van der Waals surface area (Å²) in [7, 11) is -3.43. The fraction of sp³-hybridized carbons (Fsp3) is 0.500. The molecule has 0 unspecified atom stereocenters. The van der Waals surface area contributed by atoms with Gasteiger partial charge in [-0.25, -0.2) is 13.1 Å². The van der Waals surface area contributed by atoms with Crippen molar-refractivity contribution in [3.05, 3.63) is 14.7 Å². The van der Waals surface area contributed by atoms with Crippen molar-refractivity contribution in [2.24, 2.45) is 5.73 Å². The first-order valence-electron chi connectivity index (χ1n) is 4.35. The van der Waals surface area contributed by atoms with Crippen molar-refractivity contribution < 1.29 is 8.42 Å². The second kappa shape index (κ2) is 4.92. The van der Waals surface area contributed by atoms with Crippen LogP contribution in [0.5, 0.6) is 0 Å². The molecule has 3 N–H and O–H groups in total. The van der Waals surface area contributed by atoms with Crippen molar-refractivity contribution in [2.45, 2.75) is 24.8 Å². The van der Waals surface area contributed by atoms with Crippen LogP contribution in [0.25, 0.3) is 0 Å². The summed E-state index contributed by atoms with van der Waals surface area (Å²) in [4.78, 5) is 1.08. The molecule has 86 valence electrons. The lowest BCUT2D eigenvalue weighted by Gasteiger charge is -2.11. The first-order chi connectivity index (χ1) is 6.86. The Hall–Kier alpha value is 0.0500. The van der Waals surface area contributed by atoms with E-state index in [1.165, 1.54) is 11.3 Å². The van der Waals surface area contributed by atoms with Crippen LogP contribution < -0.4 is 10.5 Å². The number of halogens is 1. The summed E-state index contributed by atoms with van der Waals surface area (Å²) in [6, 6.07) is 1.35. The van der Waals surface area contributed by atoms with Crippen LogP contribution in [0, 0.1) is 6.92 Å². The third kappa shape index (κ3) is 3.25. The maximum Gasteiger partial charge on any atom is 0.241 e. The Morgan fingerprint density at radius 1 is 1.67 bits per heavy atom. The number of nitrogens with one attached hydrogen (secondary N) is 1. The highest BCUT2D eigenvalue weighted by Crippen LogP contribution is 2.29.